The molecule has 0 radical (unpaired) electrons. The van der Waals surface area contributed by atoms with Crippen molar-refractivity contribution in [3.05, 3.63) is 35.4 Å². The number of ether oxygens (including phenoxy) is 1. The molecule has 0 amide bonds. The number of fused-ring (bicyclic) bond motifs is 1. The van der Waals surface area contributed by atoms with Crippen molar-refractivity contribution >= 4 is 16.6 Å². The summed E-state index contributed by atoms with van der Waals surface area (Å²) in [5.41, 5.74) is 2.54. The van der Waals surface area contributed by atoms with Crippen LogP contribution in [0.2, 0.25) is 0 Å². The first kappa shape index (κ1) is 10.6. The highest BCUT2D eigenvalue weighted by Crippen LogP contribution is 2.39. The van der Waals surface area contributed by atoms with Crippen molar-refractivity contribution < 1.29 is 4.74 Å². The molecule has 0 N–H and O–H groups in total. The van der Waals surface area contributed by atoms with Crippen LogP contribution in [0.25, 0.3) is 5.03 Å². The number of hydrogen-bond donors (Lipinski definition) is 0. The Morgan fingerprint density at radius 2 is 2.07 bits per heavy atom. The molecular weight excluding hydrogens is 208 g/mol. The Labute approximate surface area is 95.7 Å². The van der Waals surface area contributed by atoms with Crippen LogP contribution < -0.4 is 4.74 Å². The van der Waals surface area contributed by atoms with Gasteiger partial charge in [-0.05, 0) is 41.2 Å². The van der Waals surface area contributed by atoms with E-state index in [0.717, 1.165) is 22.8 Å². The third-order valence-corrected chi connectivity index (χ3v) is 3.05. The summed E-state index contributed by atoms with van der Waals surface area (Å²) >= 11 is 6.25. The SMILES string of the molecule is COc1ccc2c(c1)CC(C)(C)C=C2Cl. The Morgan fingerprint density at radius 3 is 2.73 bits per heavy atom. The predicted octanol–water partition coefficient (Wildman–Crippen LogP) is 3.86. The van der Waals surface area contributed by atoms with Crippen molar-refractivity contribution in [2.24, 2.45) is 5.41 Å². The summed E-state index contributed by atoms with van der Waals surface area (Å²) in [4.78, 5) is 0. The molecule has 0 atom stereocenters. The van der Waals surface area contributed by atoms with Crippen LogP contribution in [0.4, 0.5) is 0 Å². The van der Waals surface area contributed by atoms with Gasteiger partial charge in [-0.3, -0.25) is 0 Å². The lowest BCUT2D eigenvalue weighted by Crippen LogP contribution is -2.17. The second-order valence-electron chi connectivity index (χ2n) is 4.68. The minimum Gasteiger partial charge on any atom is -0.497 e. The molecule has 2 heteroatoms. The van der Waals surface area contributed by atoms with Crippen LogP contribution in [-0.4, -0.2) is 7.11 Å². The van der Waals surface area contributed by atoms with E-state index in [1.54, 1.807) is 7.11 Å². The molecule has 1 aromatic carbocycles. The molecule has 0 fully saturated rings. The van der Waals surface area contributed by atoms with Crippen molar-refractivity contribution in [3.8, 4) is 5.75 Å². The van der Waals surface area contributed by atoms with E-state index >= 15 is 0 Å². The summed E-state index contributed by atoms with van der Waals surface area (Å²) in [5.74, 6) is 0.899. The molecule has 0 unspecified atom stereocenters. The third kappa shape index (κ3) is 2.03. The first-order valence-corrected chi connectivity index (χ1v) is 5.45. The van der Waals surface area contributed by atoms with Crippen molar-refractivity contribution in [2.45, 2.75) is 20.3 Å². The van der Waals surface area contributed by atoms with Crippen molar-refractivity contribution in [2.75, 3.05) is 7.11 Å². The number of allylic oxidation sites excluding steroid dienone is 1. The van der Waals surface area contributed by atoms with E-state index < -0.39 is 0 Å². The van der Waals surface area contributed by atoms with Crippen LogP contribution >= 0.6 is 11.6 Å². The predicted molar refractivity (Wildman–Crippen MR) is 64.3 cm³/mol. The molecule has 15 heavy (non-hydrogen) atoms. The smallest absolute Gasteiger partial charge is 0.119 e. The first-order chi connectivity index (χ1) is 7.02. The van der Waals surface area contributed by atoms with Gasteiger partial charge in [0.15, 0.2) is 0 Å². The van der Waals surface area contributed by atoms with Crippen molar-refractivity contribution in [3.63, 3.8) is 0 Å². The molecule has 0 spiro atoms. The molecule has 1 aliphatic rings. The summed E-state index contributed by atoms with van der Waals surface area (Å²) < 4.78 is 5.22. The van der Waals surface area contributed by atoms with Gasteiger partial charge in [-0.1, -0.05) is 31.5 Å². The fraction of sp³-hybridized carbons (Fsp3) is 0.385. The zero-order valence-electron chi connectivity index (χ0n) is 9.30. The van der Waals surface area contributed by atoms with Crippen LogP contribution in [0.1, 0.15) is 25.0 Å². The molecule has 1 nitrogen and oxygen atoms in total. The average Bonchev–Trinajstić information content (AvgIpc) is 2.14. The van der Waals surface area contributed by atoms with Crippen molar-refractivity contribution in [1.82, 2.24) is 0 Å². The van der Waals surface area contributed by atoms with Crippen LogP contribution in [0.5, 0.6) is 5.75 Å². The highest BCUT2D eigenvalue weighted by atomic mass is 35.5. The Hall–Kier alpha value is -0.950. The molecule has 0 aliphatic heterocycles. The lowest BCUT2D eigenvalue weighted by atomic mass is 9.79. The van der Waals surface area contributed by atoms with Crippen LogP contribution in [-0.2, 0) is 6.42 Å². The molecule has 1 aliphatic carbocycles. The first-order valence-electron chi connectivity index (χ1n) is 5.07. The van der Waals surface area contributed by atoms with Crippen LogP contribution in [0.15, 0.2) is 24.3 Å². The Bertz CT molecular complexity index is 419. The fourth-order valence-corrected chi connectivity index (χ4v) is 2.52. The standard InChI is InChI=1S/C13H15ClO/c1-13(2)7-9-6-10(15-3)4-5-11(9)12(14)8-13/h4-6,8H,7H2,1-3H3. The summed E-state index contributed by atoms with van der Waals surface area (Å²) in [6.07, 6.45) is 3.14. The molecular formula is C13H15ClO. The van der Waals surface area contributed by atoms with Gasteiger partial charge in [-0.2, -0.15) is 0 Å². The van der Waals surface area contributed by atoms with Crippen molar-refractivity contribution in [1.29, 1.82) is 0 Å². The molecule has 2 rings (SSSR count). The third-order valence-electron chi connectivity index (χ3n) is 2.73. The summed E-state index contributed by atoms with van der Waals surface area (Å²) in [5, 5.41) is 0.851. The highest BCUT2D eigenvalue weighted by Gasteiger charge is 2.24. The average molecular weight is 223 g/mol. The quantitative estimate of drug-likeness (QED) is 0.701. The largest absolute Gasteiger partial charge is 0.497 e. The van der Waals surface area contributed by atoms with Gasteiger partial charge in [-0.15, -0.1) is 0 Å². The number of benzene rings is 1. The number of methoxy groups -OCH3 is 1. The van der Waals surface area contributed by atoms with Gasteiger partial charge in [0.05, 0.1) is 7.11 Å². The maximum Gasteiger partial charge on any atom is 0.119 e. The zero-order chi connectivity index (χ0) is 11.1. The molecule has 0 aromatic heterocycles. The second kappa shape index (κ2) is 3.57. The summed E-state index contributed by atoms with van der Waals surface area (Å²) in [6.45, 7) is 4.38. The topological polar surface area (TPSA) is 9.23 Å². The summed E-state index contributed by atoms with van der Waals surface area (Å²) in [6, 6.07) is 6.06. The molecule has 0 saturated carbocycles. The van der Waals surface area contributed by atoms with E-state index in [1.807, 2.05) is 12.1 Å². The van der Waals surface area contributed by atoms with Crippen LogP contribution in [0, 0.1) is 5.41 Å². The summed E-state index contributed by atoms with van der Waals surface area (Å²) in [7, 11) is 1.69. The van der Waals surface area contributed by atoms with E-state index in [4.69, 9.17) is 16.3 Å². The monoisotopic (exact) mass is 222 g/mol. The minimum atomic E-state index is 0.135. The van der Waals surface area contributed by atoms with Gasteiger partial charge < -0.3 is 4.74 Å². The fourth-order valence-electron chi connectivity index (χ4n) is 2.04. The van der Waals surface area contributed by atoms with Crippen LogP contribution in [0.3, 0.4) is 0 Å². The Morgan fingerprint density at radius 1 is 1.33 bits per heavy atom. The molecule has 0 saturated heterocycles. The minimum absolute atomic E-state index is 0.135. The maximum atomic E-state index is 6.25. The molecule has 1 aromatic rings. The van der Waals surface area contributed by atoms with Gasteiger partial charge in [-0.25, -0.2) is 0 Å². The molecule has 0 bridgehead atoms. The molecule has 80 valence electrons. The van der Waals surface area contributed by atoms with E-state index in [2.05, 4.69) is 26.0 Å². The lowest BCUT2D eigenvalue weighted by molar-refractivity contribution is 0.412. The van der Waals surface area contributed by atoms with E-state index in [-0.39, 0.29) is 5.41 Å². The van der Waals surface area contributed by atoms with E-state index in [0.29, 0.717) is 0 Å². The van der Waals surface area contributed by atoms with Gasteiger partial charge >= 0.3 is 0 Å². The number of rotatable bonds is 1. The van der Waals surface area contributed by atoms with E-state index in [9.17, 15) is 0 Å². The Kier molecular flexibility index (Phi) is 2.51. The van der Waals surface area contributed by atoms with Gasteiger partial charge in [0.1, 0.15) is 5.75 Å². The van der Waals surface area contributed by atoms with Gasteiger partial charge in [0.25, 0.3) is 0 Å². The number of hydrogen-bond acceptors (Lipinski definition) is 1. The Balaban J connectivity index is 2.51. The van der Waals surface area contributed by atoms with Gasteiger partial charge in [0, 0.05) is 5.03 Å². The number of halogens is 1. The maximum absolute atomic E-state index is 6.25. The van der Waals surface area contributed by atoms with Gasteiger partial charge in [0.2, 0.25) is 0 Å². The second-order valence-corrected chi connectivity index (χ2v) is 5.09. The lowest BCUT2D eigenvalue weighted by Gasteiger charge is -2.27. The zero-order valence-corrected chi connectivity index (χ0v) is 10.1. The highest BCUT2D eigenvalue weighted by molar-refractivity contribution is 6.49. The molecule has 0 heterocycles. The van der Waals surface area contributed by atoms with E-state index in [1.165, 1.54) is 5.56 Å². The normalized spacial score (nSPS) is 18.0.